The van der Waals surface area contributed by atoms with Crippen molar-refractivity contribution in [3.05, 3.63) is 0 Å². The van der Waals surface area contributed by atoms with E-state index < -0.39 is 17.9 Å². The number of nitrogens with one attached hydrogen (secondary N) is 1. The average molecular weight is 281 g/mol. The van der Waals surface area contributed by atoms with Crippen molar-refractivity contribution in [2.24, 2.45) is 5.92 Å². The first-order valence-corrected chi connectivity index (χ1v) is 7.24. The SMILES string of the molecule is CCCNCC1(OC(C)C(F)(F)F)CCC(C)CC1. The molecule has 1 atom stereocenters. The summed E-state index contributed by atoms with van der Waals surface area (Å²) in [6, 6.07) is 0. The van der Waals surface area contributed by atoms with Crippen LogP contribution in [0.25, 0.3) is 0 Å². The number of rotatable bonds is 6. The largest absolute Gasteiger partial charge is 0.414 e. The molecule has 2 nitrogen and oxygen atoms in total. The van der Waals surface area contributed by atoms with Crippen molar-refractivity contribution in [3.8, 4) is 0 Å². The fraction of sp³-hybridized carbons (Fsp3) is 1.00. The van der Waals surface area contributed by atoms with Gasteiger partial charge in [-0.2, -0.15) is 13.2 Å². The zero-order chi connectivity index (χ0) is 14.5. The van der Waals surface area contributed by atoms with Crippen LogP contribution in [0.15, 0.2) is 0 Å². The van der Waals surface area contributed by atoms with Gasteiger partial charge in [0.05, 0.1) is 5.60 Å². The normalized spacial score (nSPS) is 30.3. The second kappa shape index (κ2) is 6.93. The molecule has 5 heteroatoms. The van der Waals surface area contributed by atoms with E-state index in [1.54, 1.807) is 0 Å². The fourth-order valence-corrected chi connectivity index (χ4v) is 2.56. The van der Waals surface area contributed by atoms with E-state index in [9.17, 15) is 13.2 Å². The summed E-state index contributed by atoms with van der Waals surface area (Å²) in [5.41, 5.74) is -0.642. The molecule has 0 aromatic carbocycles. The van der Waals surface area contributed by atoms with E-state index in [1.807, 2.05) is 6.92 Å². The molecule has 1 rings (SSSR count). The van der Waals surface area contributed by atoms with E-state index in [0.717, 1.165) is 32.7 Å². The molecule has 1 saturated carbocycles. The van der Waals surface area contributed by atoms with Gasteiger partial charge in [-0.1, -0.05) is 13.8 Å². The summed E-state index contributed by atoms with van der Waals surface area (Å²) >= 11 is 0. The van der Waals surface area contributed by atoms with Crippen LogP contribution in [0.5, 0.6) is 0 Å². The molecule has 1 N–H and O–H groups in total. The average Bonchev–Trinajstić information content (AvgIpc) is 2.32. The van der Waals surface area contributed by atoms with Gasteiger partial charge in [0.1, 0.15) is 0 Å². The Kier molecular flexibility index (Phi) is 6.12. The molecule has 1 unspecified atom stereocenters. The maximum absolute atomic E-state index is 12.7. The Balaban J connectivity index is 2.63. The van der Waals surface area contributed by atoms with Gasteiger partial charge < -0.3 is 10.1 Å². The minimum Gasteiger partial charge on any atom is -0.361 e. The lowest BCUT2D eigenvalue weighted by molar-refractivity contribution is -0.252. The minimum atomic E-state index is -4.28. The summed E-state index contributed by atoms with van der Waals surface area (Å²) in [5.74, 6) is 0.587. The van der Waals surface area contributed by atoms with Crippen LogP contribution in [-0.2, 0) is 4.74 Å². The van der Waals surface area contributed by atoms with Gasteiger partial charge in [0.15, 0.2) is 6.10 Å². The van der Waals surface area contributed by atoms with Crippen LogP contribution in [0.1, 0.15) is 52.9 Å². The Labute approximate surface area is 114 Å². The number of halogens is 3. The van der Waals surface area contributed by atoms with Crippen LogP contribution in [0, 0.1) is 5.92 Å². The summed E-state index contributed by atoms with van der Waals surface area (Å²) in [4.78, 5) is 0. The van der Waals surface area contributed by atoms with E-state index in [0.29, 0.717) is 25.3 Å². The Morgan fingerprint density at radius 1 is 1.32 bits per heavy atom. The molecule has 0 bridgehead atoms. The highest BCUT2D eigenvalue weighted by Gasteiger charge is 2.44. The standard InChI is InChI=1S/C14H26F3NO/c1-4-9-18-10-13(7-5-11(2)6-8-13)19-12(3)14(15,16)17/h11-12,18H,4-10H2,1-3H3. The molecule has 0 aromatic rings. The van der Waals surface area contributed by atoms with Crippen LogP contribution in [0.4, 0.5) is 13.2 Å². The number of alkyl halides is 3. The molecule has 1 aliphatic carbocycles. The van der Waals surface area contributed by atoms with Gasteiger partial charge >= 0.3 is 6.18 Å². The van der Waals surface area contributed by atoms with E-state index >= 15 is 0 Å². The van der Waals surface area contributed by atoms with Gasteiger partial charge in [-0.3, -0.25) is 0 Å². The van der Waals surface area contributed by atoms with Gasteiger partial charge in [-0.05, 0) is 51.5 Å². The Bertz CT molecular complexity index is 260. The van der Waals surface area contributed by atoms with Crippen LogP contribution in [-0.4, -0.2) is 31.0 Å². The van der Waals surface area contributed by atoms with Crippen molar-refractivity contribution in [2.75, 3.05) is 13.1 Å². The van der Waals surface area contributed by atoms with Gasteiger partial charge in [0.2, 0.25) is 0 Å². The molecule has 0 saturated heterocycles. The van der Waals surface area contributed by atoms with E-state index in [2.05, 4.69) is 12.2 Å². The van der Waals surface area contributed by atoms with Crippen molar-refractivity contribution >= 4 is 0 Å². The van der Waals surface area contributed by atoms with Crippen LogP contribution in [0.2, 0.25) is 0 Å². The van der Waals surface area contributed by atoms with E-state index in [4.69, 9.17) is 4.74 Å². The third-order valence-corrected chi connectivity index (χ3v) is 3.95. The number of hydrogen-bond donors (Lipinski definition) is 1. The molecule has 1 fully saturated rings. The van der Waals surface area contributed by atoms with Crippen molar-refractivity contribution in [1.82, 2.24) is 5.32 Å². The van der Waals surface area contributed by atoms with Gasteiger partial charge in [0.25, 0.3) is 0 Å². The summed E-state index contributed by atoms with van der Waals surface area (Å²) in [7, 11) is 0. The molecule has 1 aliphatic rings. The molecule has 0 amide bonds. The lowest BCUT2D eigenvalue weighted by Crippen LogP contribution is -2.50. The van der Waals surface area contributed by atoms with E-state index in [1.165, 1.54) is 0 Å². The summed E-state index contributed by atoms with van der Waals surface area (Å²) in [6.07, 6.45) is -1.68. The van der Waals surface area contributed by atoms with Gasteiger partial charge in [0, 0.05) is 6.54 Å². The number of hydrogen-bond acceptors (Lipinski definition) is 2. The first-order valence-electron chi connectivity index (χ1n) is 7.24. The zero-order valence-electron chi connectivity index (χ0n) is 12.1. The fourth-order valence-electron chi connectivity index (χ4n) is 2.56. The summed E-state index contributed by atoms with van der Waals surface area (Å²) in [5, 5.41) is 3.22. The maximum atomic E-state index is 12.7. The molecule has 19 heavy (non-hydrogen) atoms. The lowest BCUT2D eigenvalue weighted by atomic mass is 9.79. The van der Waals surface area contributed by atoms with Crippen LogP contribution in [0.3, 0.4) is 0 Å². The Morgan fingerprint density at radius 3 is 2.37 bits per heavy atom. The Morgan fingerprint density at radius 2 is 1.89 bits per heavy atom. The topological polar surface area (TPSA) is 21.3 Å². The van der Waals surface area contributed by atoms with Gasteiger partial charge in [-0.15, -0.1) is 0 Å². The molecule has 0 aromatic heterocycles. The highest BCUT2D eigenvalue weighted by molar-refractivity contribution is 4.90. The molecule has 0 radical (unpaired) electrons. The Hall–Kier alpha value is -0.290. The van der Waals surface area contributed by atoms with E-state index in [-0.39, 0.29) is 0 Å². The minimum absolute atomic E-state index is 0.522. The smallest absolute Gasteiger partial charge is 0.361 e. The molecule has 0 heterocycles. The molecule has 0 spiro atoms. The highest BCUT2D eigenvalue weighted by atomic mass is 19.4. The number of ether oxygens (including phenoxy) is 1. The first kappa shape index (κ1) is 16.8. The van der Waals surface area contributed by atoms with Crippen molar-refractivity contribution in [2.45, 2.75) is 70.8 Å². The summed E-state index contributed by atoms with van der Waals surface area (Å²) < 4.78 is 43.5. The monoisotopic (exact) mass is 281 g/mol. The molecular formula is C14H26F3NO. The van der Waals surface area contributed by atoms with Crippen molar-refractivity contribution < 1.29 is 17.9 Å². The van der Waals surface area contributed by atoms with Gasteiger partial charge in [-0.25, -0.2) is 0 Å². The van der Waals surface area contributed by atoms with Crippen LogP contribution < -0.4 is 5.32 Å². The quantitative estimate of drug-likeness (QED) is 0.745. The lowest BCUT2D eigenvalue weighted by Gasteiger charge is -2.41. The second-order valence-corrected chi connectivity index (χ2v) is 5.84. The van der Waals surface area contributed by atoms with Crippen molar-refractivity contribution in [3.63, 3.8) is 0 Å². The molecule has 0 aliphatic heterocycles. The molecular weight excluding hydrogens is 255 g/mol. The second-order valence-electron chi connectivity index (χ2n) is 5.84. The molecule has 114 valence electrons. The maximum Gasteiger partial charge on any atom is 0.414 e. The predicted molar refractivity (Wildman–Crippen MR) is 70.1 cm³/mol. The zero-order valence-corrected chi connectivity index (χ0v) is 12.1. The summed E-state index contributed by atoms with van der Waals surface area (Å²) in [6.45, 7) is 6.65. The third kappa shape index (κ3) is 5.30. The third-order valence-electron chi connectivity index (χ3n) is 3.95. The van der Waals surface area contributed by atoms with Crippen molar-refractivity contribution in [1.29, 1.82) is 0 Å². The first-order chi connectivity index (χ1) is 8.79. The predicted octanol–water partition coefficient (Wildman–Crippen LogP) is 3.90. The highest BCUT2D eigenvalue weighted by Crippen LogP contribution is 2.37. The van der Waals surface area contributed by atoms with Crippen LogP contribution >= 0.6 is 0 Å².